The number of methoxy groups -OCH3 is 1. The number of fused-ring (bicyclic) bond motifs is 1. The summed E-state index contributed by atoms with van der Waals surface area (Å²) in [6.45, 7) is 3.20. The van der Waals surface area contributed by atoms with Crippen molar-refractivity contribution < 1.29 is 19.1 Å². The van der Waals surface area contributed by atoms with Gasteiger partial charge in [0.05, 0.1) is 36.6 Å². The van der Waals surface area contributed by atoms with Gasteiger partial charge in [0.15, 0.2) is 0 Å². The van der Waals surface area contributed by atoms with Crippen LogP contribution in [0.2, 0.25) is 0 Å². The average molecular weight is 398 g/mol. The van der Waals surface area contributed by atoms with Crippen LogP contribution in [0.25, 0.3) is 0 Å². The molecule has 2 N–H and O–H groups in total. The number of carbonyl (C=O) groups is 2. The van der Waals surface area contributed by atoms with E-state index in [9.17, 15) is 9.59 Å². The van der Waals surface area contributed by atoms with Gasteiger partial charge in [-0.2, -0.15) is 0 Å². The van der Waals surface area contributed by atoms with Gasteiger partial charge in [-0.25, -0.2) is 0 Å². The minimum atomic E-state index is -0.176. The van der Waals surface area contributed by atoms with Gasteiger partial charge in [-0.05, 0) is 36.8 Å². The van der Waals surface area contributed by atoms with Crippen molar-refractivity contribution in [2.45, 2.75) is 19.4 Å². The fourth-order valence-corrected chi connectivity index (χ4v) is 3.16. The third kappa shape index (κ3) is 5.23. The van der Waals surface area contributed by atoms with Crippen molar-refractivity contribution in [2.24, 2.45) is 0 Å². The van der Waals surface area contributed by atoms with Gasteiger partial charge < -0.3 is 25.0 Å². The molecular formula is C21H26N4O4. The Morgan fingerprint density at radius 1 is 1.31 bits per heavy atom. The summed E-state index contributed by atoms with van der Waals surface area (Å²) in [7, 11) is 3.49. The number of nitrogens with zero attached hydrogens (tertiary/aromatic N) is 2. The second-order valence-corrected chi connectivity index (χ2v) is 7.01. The number of ether oxygens (including phenoxy) is 2. The second kappa shape index (κ2) is 9.38. The minimum absolute atomic E-state index is 0.116. The van der Waals surface area contributed by atoms with E-state index in [1.54, 1.807) is 37.7 Å². The van der Waals surface area contributed by atoms with Gasteiger partial charge in [0, 0.05) is 32.5 Å². The van der Waals surface area contributed by atoms with Crippen LogP contribution in [-0.2, 0) is 9.53 Å². The second-order valence-electron chi connectivity index (χ2n) is 7.01. The lowest BCUT2D eigenvalue weighted by Crippen LogP contribution is -2.42. The molecule has 0 saturated carbocycles. The van der Waals surface area contributed by atoms with Crippen LogP contribution < -0.4 is 20.3 Å². The van der Waals surface area contributed by atoms with Crippen LogP contribution in [0.3, 0.4) is 0 Å². The molecule has 0 saturated heterocycles. The molecule has 8 heteroatoms. The maximum absolute atomic E-state index is 12.5. The first-order valence-electron chi connectivity index (χ1n) is 9.46. The van der Waals surface area contributed by atoms with Gasteiger partial charge >= 0.3 is 0 Å². The fourth-order valence-electron chi connectivity index (χ4n) is 3.16. The van der Waals surface area contributed by atoms with Crippen molar-refractivity contribution in [2.75, 3.05) is 44.1 Å². The summed E-state index contributed by atoms with van der Waals surface area (Å²) < 4.78 is 10.8. The van der Waals surface area contributed by atoms with Gasteiger partial charge in [0.25, 0.3) is 5.91 Å². The number of amides is 2. The number of nitrogens with one attached hydrogen (secondary N) is 2. The number of hydrogen-bond donors (Lipinski definition) is 2. The van der Waals surface area contributed by atoms with E-state index in [2.05, 4.69) is 15.6 Å². The largest absolute Gasteiger partial charge is 0.489 e. The van der Waals surface area contributed by atoms with Crippen LogP contribution in [-0.4, -0.2) is 56.8 Å². The topological polar surface area (TPSA) is 92.8 Å². The van der Waals surface area contributed by atoms with Crippen molar-refractivity contribution in [1.82, 2.24) is 10.3 Å². The zero-order valence-electron chi connectivity index (χ0n) is 16.9. The summed E-state index contributed by atoms with van der Waals surface area (Å²) in [6.07, 6.45) is 3.61. The van der Waals surface area contributed by atoms with Crippen molar-refractivity contribution in [3.63, 3.8) is 0 Å². The van der Waals surface area contributed by atoms with Crippen LogP contribution in [0.5, 0.6) is 5.75 Å². The summed E-state index contributed by atoms with van der Waals surface area (Å²) in [5.41, 5.74) is 2.97. The van der Waals surface area contributed by atoms with E-state index in [1.807, 2.05) is 24.9 Å². The lowest BCUT2D eigenvalue weighted by Gasteiger charge is -2.35. The van der Waals surface area contributed by atoms with Crippen LogP contribution >= 0.6 is 0 Å². The molecule has 1 aromatic carbocycles. The number of aromatic nitrogens is 1. The minimum Gasteiger partial charge on any atom is -0.489 e. The lowest BCUT2D eigenvalue weighted by molar-refractivity contribution is -0.116. The van der Waals surface area contributed by atoms with Crippen LogP contribution in [0, 0.1) is 6.92 Å². The lowest BCUT2D eigenvalue weighted by atomic mass is 10.1. The molecule has 29 heavy (non-hydrogen) atoms. The molecule has 0 bridgehead atoms. The van der Waals surface area contributed by atoms with Gasteiger partial charge in [-0.1, -0.05) is 0 Å². The fraction of sp³-hybridized carbons (Fsp3) is 0.381. The van der Waals surface area contributed by atoms with Gasteiger partial charge in [-0.15, -0.1) is 0 Å². The highest BCUT2D eigenvalue weighted by atomic mass is 16.5. The molecule has 1 unspecified atom stereocenters. The molecule has 2 heterocycles. The maximum Gasteiger partial charge on any atom is 0.251 e. The Morgan fingerprint density at radius 3 is 2.90 bits per heavy atom. The number of hydrogen-bond acceptors (Lipinski definition) is 6. The van der Waals surface area contributed by atoms with Crippen molar-refractivity contribution in [1.29, 1.82) is 0 Å². The molecule has 1 aromatic heterocycles. The highest BCUT2D eigenvalue weighted by molar-refractivity contribution is 5.96. The Kier molecular flexibility index (Phi) is 6.66. The van der Waals surface area contributed by atoms with Crippen LogP contribution in [0.1, 0.15) is 22.3 Å². The molecule has 2 aromatic rings. The first-order chi connectivity index (χ1) is 14.0. The van der Waals surface area contributed by atoms with Crippen LogP contribution in [0.4, 0.5) is 11.4 Å². The zero-order valence-corrected chi connectivity index (χ0v) is 16.9. The molecule has 1 aliphatic heterocycles. The first kappa shape index (κ1) is 20.6. The maximum atomic E-state index is 12.5. The van der Waals surface area contributed by atoms with Crippen LogP contribution in [0.15, 0.2) is 36.7 Å². The zero-order chi connectivity index (χ0) is 20.8. The summed E-state index contributed by atoms with van der Waals surface area (Å²) in [4.78, 5) is 30.9. The summed E-state index contributed by atoms with van der Waals surface area (Å²) in [5, 5.41) is 5.68. The Hall–Kier alpha value is -3.13. The molecule has 1 atom stereocenters. The van der Waals surface area contributed by atoms with Gasteiger partial charge in [0.1, 0.15) is 12.4 Å². The Balaban J connectivity index is 1.65. The number of likely N-dealkylation sites (N-methyl/N-ethyl adjacent to an activating group) is 1. The van der Waals surface area contributed by atoms with E-state index in [-0.39, 0.29) is 24.3 Å². The molecule has 0 radical (unpaired) electrons. The SMILES string of the molecule is COCCNC(=O)c1ccc2c(c1)N(C)C(CC(=O)Nc1cncc(C)c1)CO2. The van der Waals surface area contributed by atoms with Crippen molar-refractivity contribution in [3.05, 3.63) is 47.8 Å². The molecule has 0 aliphatic carbocycles. The number of benzene rings is 1. The smallest absolute Gasteiger partial charge is 0.251 e. The molecule has 154 valence electrons. The highest BCUT2D eigenvalue weighted by Gasteiger charge is 2.27. The number of aryl methyl sites for hydroxylation is 1. The summed E-state index contributed by atoms with van der Waals surface area (Å²) >= 11 is 0. The summed E-state index contributed by atoms with van der Waals surface area (Å²) in [6, 6.07) is 7.02. The van der Waals surface area contributed by atoms with Gasteiger partial charge in [0.2, 0.25) is 5.91 Å². The molecule has 3 rings (SSSR count). The number of carbonyl (C=O) groups excluding carboxylic acids is 2. The predicted octanol–water partition coefficient (Wildman–Crippen LogP) is 1.99. The monoisotopic (exact) mass is 398 g/mol. The molecule has 2 amide bonds. The third-order valence-corrected chi connectivity index (χ3v) is 4.75. The van der Waals surface area contributed by atoms with Crippen molar-refractivity contribution in [3.8, 4) is 5.75 Å². The molecule has 0 spiro atoms. The van der Waals surface area contributed by atoms with E-state index >= 15 is 0 Å². The predicted molar refractivity (Wildman–Crippen MR) is 111 cm³/mol. The van der Waals surface area contributed by atoms with E-state index < -0.39 is 0 Å². The number of anilines is 2. The molecule has 8 nitrogen and oxygen atoms in total. The van der Waals surface area contributed by atoms with E-state index in [0.717, 1.165) is 11.3 Å². The normalized spacial score (nSPS) is 15.3. The van der Waals surface area contributed by atoms with Gasteiger partial charge in [-0.3, -0.25) is 14.6 Å². The number of rotatable bonds is 7. The first-order valence-corrected chi connectivity index (χ1v) is 9.46. The van der Waals surface area contributed by atoms with E-state index in [4.69, 9.17) is 9.47 Å². The Bertz CT molecular complexity index is 887. The summed E-state index contributed by atoms with van der Waals surface area (Å²) in [5.74, 6) is 0.403. The average Bonchev–Trinajstić information content (AvgIpc) is 2.70. The van der Waals surface area contributed by atoms with E-state index in [1.165, 1.54) is 0 Å². The number of pyridine rings is 1. The molecular weight excluding hydrogens is 372 g/mol. The standard InChI is InChI=1S/C21H26N4O4/c1-14-8-16(12-22-11-14)24-20(26)10-17-13-29-19-5-4-15(9-18(19)25(17)2)21(27)23-6-7-28-3/h4-5,8-9,11-12,17H,6-7,10,13H2,1-3H3,(H,23,27)(H,24,26). The Morgan fingerprint density at radius 2 is 2.14 bits per heavy atom. The quantitative estimate of drug-likeness (QED) is 0.693. The molecule has 1 aliphatic rings. The van der Waals surface area contributed by atoms with E-state index in [0.29, 0.717) is 36.8 Å². The molecule has 0 fully saturated rings. The highest BCUT2D eigenvalue weighted by Crippen LogP contribution is 2.34. The van der Waals surface area contributed by atoms with Crippen molar-refractivity contribution >= 4 is 23.2 Å². The Labute approximate surface area is 170 Å². The third-order valence-electron chi connectivity index (χ3n) is 4.75.